The van der Waals surface area contributed by atoms with Crippen molar-refractivity contribution in [2.45, 2.75) is 19.4 Å². The number of aromatic amines is 1. The van der Waals surface area contributed by atoms with E-state index in [-0.39, 0.29) is 5.82 Å². The predicted molar refractivity (Wildman–Crippen MR) is 58.4 cm³/mol. The lowest BCUT2D eigenvalue weighted by atomic mass is 10.0. The van der Waals surface area contributed by atoms with E-state index >= 15 is 0 Å². The average Bonchev–Trinajstić information content (AvgIpc) is 2.57. The highest BCUT2D eigenvalue weighted by molar-refractivity contribution is 5.85. The Morgan fingerprint density at radius 1 is 1.40 bits per heavy atom. The van der Waals surface area contributed by atoms with E-state index in [1.165, 1.54) is 22.7 Å². The second-order valence-electron chi connectivity index (χ2n) is 4.13. The minimum atomic E-state index is -0.179. The predicted octanol–water partition coefficient (Wildman–Crippen LogP) is 2.51. The number of fused-ring (bicyclic) bond motifs is 3. The van der Waals surface area contributed by atoms with Crippen LogP contribution in [0.4, 0.5) is 4.39 Å². The van der Waals surface area contributed by atoms with Gasteiger partial charge in [0.1, 0.15) is 5.82 Å². The third-order valence-electron chi connectivity index (χ3n) is 3.16. The van der Waals surface area contributed by atoms with Crippen LogP contribution in [0.15, 0.2) is 18.2 Å². The Bertz CT molecular complexity index is 516. The molecule has 0 amide bonds. The lowest BCUT2D eigenvalue weighted by Crippen LogP contribution is -2.27. The molecule has 1 unspecified atom stereocenters. The van der Waals surface area contributed by atoms with Crippen molar-refractivity contribution < 1.29 is 4.39 Å². The molecule has 0 fully saturated rings. The lowest BCUT2D eigenvalue weighted by molar-refractivity contribution is 0.533. The molecule has 2 aromatic rings. The van der Waals surface area contributed by atoms with Crippen LogP contribution < -0.4 is 5.32 Å². The molecule has 1 aromatic carbocycles. The second-order valence-corrected chi connectivity index (χ2v) is 4.13. The van der Waals surface area contributed by atoms with Gasteiger partial charge in [-0.05, 0) is 43.7 Å². The van der Waals surface area contributed by atoms with Crippen molar-refractivity contribution in [2.24, 2.45) is 0 Å². The Hall–Kier alpha value is -1.35. The van der Waals surface area contributed by atoms with Gasteiger partial charge in [-0.2, -0.15) is 0 Å². The molecule has 0 spiro atoms. The van der Waals surface area contributed by atoms with E-state index < -0.39 is 0 Å². The van der Waals surface area contributed by atoms with Crippen LogP contribution in [0.1, 0.15) is 24.2 Å². The fourth-order valence-corrected chi connectivity index (χ4v) is 2.40. The molecule has 78 valence electrons. The zero-order valence-corrected chi connectivity index (χ0v) is 8.60. The second kappa shape index (κ2) is 3.07. The molecule has 1 atom stereocenters. The number of hydrogen-bond donors (Lipinski definition) is 2. The Balaban J connectivity index is 2.30. The van der Waals surface area contributed by atoms with Gasteiger partial charge in [-0.15, -0.1) is 0 Å². The molecule has 0 radical (unpaired) electrons. The lowest BCUT2D eigenvalue weighted by Gasteiger charge is -2.20. The largest absolute Gasteiger partial charge is 0.357 e. The first-order valence-corrected chi connectivity index (χ1v) is 5.29. The van der Waals surface area contributed by atoms with Crippen molar-refractivity contribution in [1.82, 2.24) is 10.3 Å². The first-order valence-electron chi connectivity index (χ1n) is 5.29. The Morgan fingerprint density at radius 3 is 3.13 bits per heavy atom. The summed E-state index contributed by atoms with van der Waals surface area (Å²) in [6.07, 6.45) is 1.02. The summed E-state index contributed by atoms with van der Waals surface area (Å²) in [6.45, 7) is 3.13. The first-order chi connectivity index (χ1) is 7.25. The van der Waals surface area contributed by atoms with E-state index in [4.69, 9.17) is 0 Å². The van der Waals surface area contributed by atoms with E-state index in [0.29, 0.717) is 6.04 Å². The van der Waals surface area contributed by atoms with E-state index in [0.717, 1.165) is 18.5 Å². The quantitative estimate of drug-likeness (QED) is 0.678. The van der Waals surface area contributed by atoms with Gasteiger partial charge in [0, 0.05) is 22.6 Å². The van der Waals surface area contributed by atoms with E-state index in [2.05, 4.69) is 17.2 Å². The van der Waals surface area contributed by atoms with Gasteiger partial charge in [-0.3, -0.25) is 0 Å². The summed E-state index contributed by atoms with van der Waals surface area (Å²) in [7, 11) is 0. The molecule has 2 heterocycles. The molecule has 2 N–H and O–H groups in total. The highest BCUT2D eigenvalue weighted by atomic mass is 19.1. The molecular weight excluding hydrogens is 191 g/mol. The van der Waals surface area contributed by atoms with Gasteiger partial charge >= 0.3 is 0 Å². The highest BCUT2D eigenvalue weighted by Gasteiger charge is 2.20. The average molecular weight is 204 g/mol. The van der Waals surface area contributed by atoms with Gasteiger partial charge < -0.3 is 10.3 Å². The molecule has 0 saturated heterocycles. The van der Waals surface area contributed by atoms with Crippen molar-refractivity contribution >= 4 is 10.9 Å². The summed E-state index contributed by atoms with van der Waals surface area (Å²) in [5, 5.41) is 4.56. The summed E-state index contributed by atoms with van der Waals surface area (Å²) in [5.41, 5.74) is 3.47. The number of hydrogen-bond acceptors (Lipinski definition) is 1. The summed E-state index contributed by atoms with van der Waals surface area (Å²) < 4.78 is 13.1. The third-order valence-corrected chi connectivity index (χ3v) is 3.16. The van der Waals surface area contributed by atoms with Crippen LogP contribution >= 0.6 is 0 Å². The third kappa shape index (κ3) is 1.27. The number of benzene rings is 1. The Kier molecular flexibility index (Phi) is 1.83. The van der Waals surface area contributed by atoms with Crippen LogP contribution in [0.2, 0.25) is 0 Å². The molecule has 0 bridgehead atoms. The SMILES string of the molecule is CC1NCCc2c1[nH]c1cc(F)ccc21. The van der Waals surface area contributed by atoms with E-state index in [9.17, 15) is 4.39 Å². The van der Waals surface area contributed by atoms with Gasteiger partial charge in [-0.25, -0.2) is 4.39 Å². The van der Waals surface area contributed by atoms with Crippen LogP contribution in [0.5, 0.6) is 0 Å². The number of H-pyrrole nitrogens is 1. The van der Waals surface area contributed by atoms with Crippen molar-refractivity contribution in [3.8, 4) is 0 Å². The fraction of sp³-hybridized carbons (Fsp3) is 0.333. The molecule has 0 saturated carbocycles. The molecule has 3 heteroatoms. The van der Waals surface area contributed by atoms with Crippen LogP contribution in [-0.4, -0.2) is 11.5 Å². The highest BCUT2D eigenvalue weighted by Crippen LogP contribution is 2.29. The molecule has 2 nitrogen and oxygen atoms in total. The maximum Gasteiger partial charge on any atom is 0.125 e. The van der Waals surface area contributed by atoms with Crippen LogP contribution in [0, 0.1) is 5.82 Å². The maximum atomic E-state index is 13.1. The van der Waals surface area contributed by atoms with Crippen LogP contribution in [0.3, 0.4) is 0 Å². The molecule has 1 aromatic heterocycles. The van der Waals surface area contributed by atoms with Gasteiger partial charge in [-0.1, -0.05) is 0 Å². The summed E-state index contributed by atoms with van der Waals surface area (Å²) >= 11 is 0. The summed E-state index contributed by atoms with van der Waals surface area (Å²) in [5.74, 6) is -0.179. The minimum Gasteiger partial charge on any atom is -0.357 e. The van der Waals surface area contributed by atoms with Crippen LogP contribution in [-0.2, 0) is 6.42 Å². The van der Waals surface area contributed by atoms with Gasteiger partial charge in [0.05, 0.1) is 0 Å². The zero-order chi connectivity index (χ0) is 10.4. The van der Waals surface area contributed by atoms with Gasteiger partial charge in [0.15, 0.2) is 0 Å². The molecule has 15 heavy (non-hydrogen) atoms. The normalized spacial score (nSPS) is 20.5. The monoisotopic (exact) mass is 204 g/mol. The number of aromatic nitrogens is 1. The van der Waals surface area contributed by atoms with Crippen LogP contribution in [0.25, 0.3) is 10.9 Å². The Morgan fingerprint density at radius 2 is 2.27 bits per heavy atom. The number of halogens is 1. The molecule has 1 aliphatic rings. The standard InChI is InChI=1S/C12H13FN2/c1-7-12-10(4-5-14-7)9-3-2-8(13)6-11(9)15-12/h2-3,6-7,14-15H,4-5H2,1H3. The first kappa shape index (κ1) is 8.92. The summed E-state index contributed by atoms with van der Waals surface area (Å²) in [4.78, 5) is 3.30. The minimum absolute atomic E-state index is 0.179. The molecule has 3 rings (SSSR count). The zero-order valence-electron chi connectivity index (χ0n) is 8.60. The molecule has 1 aliphatic heterocycles. The number of rotatable bonds is 0. The topological polar surface area (TPSA) is 27.8 Å². The van der Waals surface area contributed by atoms with Crippen molar-refractivity contribution in [3.05, 3.63) is 35.3 Å². The maximum absolute atomic E-state index is 13.1. The van der Waals surface area contributed by atoms with Crippen molar-refractivity contribution in [1.29, 1.82) is 0 Å². The van der Waals surface area contributed by atoms with E-state index in [1.54, 1.807) is 6.07 Å². The summed E-state index contributed by atoms with van der Waals surface area (Å²) in [6, 6.07) is 5.31. The smallest absolute Gasteiger partial charge is 0.125 e. The molecule has 0 aliphatic carbocycles. The Labute approximate surface area is 87.5 Å². The van der Waals surface area contributed by atoms with Crippen molar-refractivity contribution in [3.63, 3.8) is 0 Å². The van der Waals surface area contributed by atoms with Gasteiger partial charge in [0.25, 0.3) is 0 Å². The molecular formula is C12H13FN2. The fourth-order valence-electron chi connectivity index (χ4n) is 2.40. The number of nitrogens with one attached hydrogen (secondary N) is 2. The van der Waals surface area contributed by atoms with Gasteiger partial charge in [0.2, 0.25) is 0 Å². The van der Waals surface area contributed by atoms with Crippen molar-refractivity contribution in [2.75, 3.05) is 6.54 Å². The van der Waals surface area contributed by atoms with E-state index in [1.807, 2.05) is 6.07 Å².